The van der Waals surface area contributed by atoms with Gasteiger partial charge in [-0.2, -0.15) is 5.26 Å². The van der Waals surface area contributed by atoms with Crippen LogP contribution in [0.5, 0.6) is 0 Å². The Hall–Kier alpha value is -1.73. The zero-order valence-corrected chi connectivity index (χ0v) is 11.2. The van der Waals surface area contributed by atoms with Gasteiger partial charge < -0.3 is 10.4 Å². The summed E-state index contributed by atoms with van der Waals surface area (Å²) >= 11 is 5.93. The SMILES string of the molecule is N#Cc1ccc(Cl)cc1NC1CCCC(C(=O)O)C1. The van der Waals surface area contributed by atoms with Gasteiger partial charge in [-0.15, -0.1) is 0 Å². The van der Waals surface area contributed by atoms with Gasteiger partial charge in [-0.1, -0.05) is 18.0 Å². The van der Waals surface area contributed by atoms with E-state index in [1.807, 2.05) is 0 Å². The van der Waals surface area contributed by atoms with Crippen LogP contribution in [0.1, 0.15) is 31.2 Å². The first-order chi connectivity index (χ1) is 9.10. The Morgan fingerprint density at radius 3 is 2.95 bits per heavy atom. The number of hydrogen-bond acceptors (Lipinski definition) is 3. The number of rotatable bonds is 3. The summed E-state index contributed by atoms with van der Waals surface area (Å²) < 4.78 is 0. The van der Waals surface area contributed by atoms with Gasteiger partial charge in [0.15, 0.2) is 0 Å². The third-order valence-corrected chi connectivity index (χ3v) is 3.72. The van der Waals surface area contributed by atoms with E-state index in [2.05, 4.69) is 11.4 Å². The minimum Gasteiger partial charge on any atom is -0.481 e. The molecule has 0 aromatic heterocycles. The summed E-state index contributed by atoms with van der Waals surface area (Å²) in [4.78, 5) is 11.0. The second kappa shape index (κ2) is 5.94. The van der Waals surface area contributed by atoms with Gasteiger partial charge in [-0.25, -0.2) is 0 Å². The maximum Gasteiger partial charge on any atom is 0.306 e. The molecule has 1 aromatic carbocycles. The third-order valence-electron chi connectivity index (χ3n) is 3.49. The number of benzene rings is 1. The molecule has 2 unspecified atom stereocenters. The molecule has 0 spiro atoms. The largest absolute Gasteiger partial charge is 0.481 e. The number of halogens is 1. The Kier molecular flexibility index (Phi) is 4.28. The fraction of sp³-hybridized carbons (Fsp3) is 0.429. The highest BCUT2D eigenvalue weighted by Crippen LogP contribution is 2.29. The molecule has 0 saturated heterocycles. The second-order valence-electron chi connectivity index (χ2n) is 4.84. The first-order valence-corrected chi connectivity index (χ1v) is 6.67. The van der Waals surface area contributed by atoms with E-state index < -0.39 is 5.97 Å². The van der Waals surface area contributed by atoms with E-state index in [1.165, 1.54) is 0 Å². The Labute approximate surface area is 117 Å². The Bertz CT molecular complexity index is 525. The minimum atomic E-state index is -0.738. The topological polar surface area (TPSA) is 73.1 Å². The summed E-state index contributed by atoms with van der Waals surface area (Å²) in [5.41, 5.74) is 1.22. The lowest BCUT2D eigenvalue weighted by Crippen LogP contribution is -2.31. The van der Waals surface area contributed by atoms with Gasteiger partial charge >= 0.3 is 5.97 Å². The van der Waals surface area contributed by atoms with Gasteiger partial charge in [-0.3, -0.25) is 4.79 Å². The maximum atomic E-state index is 11.0. The number of hydrogen-bond donors (Lipinski definition) is 2. The molecule has 1 fully saturated rings. The number of anilines is 1. The van der Waals surface area contributed by atoms with Crippen molar-refractivity contribution in [3.05, 3.63) is 28.8 Å². The van der Waals surface area contributed by atoms with E-state index >= 15 is 0 Å². The van der Waals surface area contributed by atoms with Crippen molar-refractivity contribution >= 4 is 23.3 Å². The fourth-order valence-corrected chi connectivity index (χ4v) is 2.67. The van der Waals surface area contributed by atoms with Gasteiger partial charge in [-0.05, 0) is 37.5 Å². The molecule has 0 bridgehead atoms. The summed E-state index contributed by atoms with van der Waals surface area (Å²) in [6, 6.07) is 7.25. The van der Waals surface area contributed by atoms with E-state index in [-0.39, 0.29) is 12.0 Å². The fourth-order valence-electron chi connectivity index (χ4n) is 2.50. The van der Waals surface area contributed by atoms with Crippen molar-refractivity contribution in [1.29, 1.82) is 5.26 Å². The first-order valence-electron chi connectivity index (χ1n) is 6.29. The predicted octanol–water partition coefficient (Wildman–Crippen LogP) is 3.27. The average molecular weight is 279 g/mol. The molecule has 1 aliphatic carbocycles. The van der Waals surface area contributed by atoms with Crippen molar-refractivity contribution in [2.45, 2.75) is 31.7 Å². The van der Waals surface area contributed by atoms with Crippen LogP contribution in [0.3, 0.4) is 0 Å². The van der Waals surface area contributed by atoms with Crippen LogP contribution in [0, 0.1) is 17.2 Å². The lowest BCUT2D eigenvalue weighted by molar-refractivity contribution is -0.142. The number of nitrogens with zero attached hydrogens (tertiary/aromatic N) is 1. The van der Waals surface area contributed by atoms with Crippen LogP contribution in [0.4, 0.5) is 5.69 Å². The molecule has 0 radical (unpaired) electrons. The smallest absolute Gasteiger partial charge is 0.306 e. The van der Waals surface area contributed by atoms with E-state index in [9.17, 15) is 4.79 Å². The van der Waals surface area contributed by atoms with Gasteiger partial charge in [0.1, 0.15) is 6.07 Å². The molecule has 1 saturated carbocycles. The van der Waals surface area contributed by atoms with Gasteiger partial charge in [0.25, 0.3) is 0 Å². The standard InChI is InChI=1S/C14H15ClN2O2/c15-11-5-4-10(8-16)13(7-11)17-12-3-1-2-9(6-12)14(18)19/h4-5,7,9,12,17H,1-3,6H2,(H,18,19). The van der Waals surface area contributed by atoms with Crippen molar-refractivity contribution in [2.24, 2.45) is 5.92 Å². The number of carboxylic acid groups (broad SMARTS) is 1. The molecular formula is C14H15ClN2O2. The second-order valence-corrected chi connectivity index (χ2v) is 5.28. The van der Waals surface area contributed by atoms with E-state index in [1.54, 1.807) is 18.2 Å². The monoisotopic (exact) mass is 278 g/mol. The predicted molar refractivity (Wildman–Crippen MR) is 73.2 cm³/mol. The zero-order chi connectivity index (χ0) is 13.8. The number of carboxylic acids is 1. The molecule has 4 nitrogen and oxygen atoms in total. The Balaban J connectivity index is 2.11. The molecule has 0 amide bonds. The van der Waals surface area contributed by atoms with Crippen molar-refractivity contribution in [2.75, 3.05) is 5.32 Å². The zero-order valence-electron chi connectivity index (χ0n) is 10.4. The van der Waals surface area contributed by atoms with Crippen LogP contribution in [-0.2, 0) is 4.79 Å². The third kappa shape index (κ3) is 3.39. The van der Waals surface area contributed by atoms with Crippen molar-refractivity contribution in [3.63, 3.8) is 0 Å². The summed E-state index contributed by atoms with van der Waals surface area (Å²) in [5, 5.41) is 21.9. The molecule has 0 aliphatic heterocycles. The normalized spacial score (nSPS) is 22.5. The molecule has 2 rings (SSSR count). The van der Waals surface area contributed by atoms with Crippen molar-refractivity contribution in [3.8, 4) is 6.07 Å². The number of nitriles is 1. The van der Waals surface area contributed by atoms with Crippen LogP contribution < -0.4 is 5.32 Å². The molecule has 19 heavy (non-hydrogen) atoms. The van der Waals surface area contributed by atoms with Crippen LogP contribution in [-0.4, -0.2) is 17.1 Å². The van der Waals surface area contributed by atoms with Gasteiger partial charge in [0, 0.05) is 11.1 Å². The first kappa shape index (κ1) is 13.7. The van der Waals surface area contributed by atoms with Gasteiger partial charge in [0.2, 0.25) is 0 Å². The van der Waals surface area contributed by atoms with Crippen LogP contribution in [0.2, 0.25) is 5.02 Å². The van der Waals surface area contributed by atoms with Crippen molar-refractivity contribution in [1.82, 2.24) is 0 Å². The average Bonchev–Trinajstić information content (AvgIpc) is 2.39. The molecule has 0 heterocycles. The Morgan fingerprint density at radius 2 is 2.26 bits per heavy atom. The van der Waals surface area contributed by atoms with E-state index in [4.69, 9.17) is 22.0 Å². The number of aliphatic carboxylic acids is 1. The molecule has 5 heteroatoms. The summed E-state index contributed by atoms with van der Waals surface area (Å²) in [6.07, 6.45) is 3.12. The molecule has 1 aliphatic rings. The summed E-state index contributed by atoms with van der Waals surface area (Å²) in [6.45, 7) is 0. The summed E-state index contributed by atoms with van der Waals surface area (Å²) in [7, 11) is 0. The lowest BCUT2D eigenvalue weighted by atomic mass is 9.85. The number of carbonyl (C=O) groups is 1. The van der Waals surface area contributed by atoms with E-state index in [0.29, 0.717) is 22.7 Å². The number of nitrogens with one attached hydrogen (secondary N) is 1. The van der Waals surface area contributed by atoms with Crippen LogP contribution in [0.15, 0.2) is 18.2 Å². The van der Waals surface area contributed by atoms with Crippen LogP contribution in [0.25, 0.3) is 0 Å². The maximum absolute atomic E-state index is 11.0. The minimum absolute atomic E-state index is 0.0837. The van der Waals surface area contributed by atoms with Crippen LogP contribution >= 0.6 is 11.6 Å². The molecule has 2 atom stereocenters. The molecular weight excluding hydrogens is 264 g/mol. The quantitative estimate of drug-likeness (QED) is 0.890. The molecule has 1 aromatic rings. The molecule has 2 N–H and O–H groups in total. The highest BCUT2D eigenvalue weighted by molar-refractivity contribution is 6.30. The summed E-state index contributed by atoms with van der Waals surface area (Å²) in [5.74, 6) is -1.03. The molecule has 100 valence electrons. The van der Waals surface area contributed by atoms with Crippen molar-refractivity contribution < 1.29 is 9.90 Å². The Morgan fingerprint density at radius 1 is 1.47 bits per heavy atom. The van der Waals surface area contributed by atoms with E-state index in [0.717, 1.165) is 19.3 Å². The lowest BCUT2D eigenvalue weighted by Gasteiger charge is -2.28. The highest BCUT2D eigenvalue weighted by atomic mass is 35.5. The highest BCUT2D eigenvalue weighted by Gasteiger charge is 2.27. The van der Waals surface area contributed by atoms with Gasteiger partial charge in [0.05, 0.1) is 17.2 Å².